The quantitative estimate of drug-likeness (QED) is 0.798. The smallest absolute Gasteiger partial charge is 0.367 e. The zero-order chi connectivity index (χ0) is 12.2. The van der Waals surface area contributed by atoms with Crippen LogP contribution in [0.25, 0.3) is 0 Å². The van der Waals surface area contributed by atoms with Crippen molar-refractivity contribution in [1.29, 1.82) is 5.26 Å². The molecule has 86 valence electrons. The first-order valence-electron chi connectivity index (χ1n) is 4.56. The van der Waals surface area contributed by atoms with Crippen molar-refractivity contribution < 1.29 is 17.9 Å². The molecule has 0 spiro atoms. The summed E-state index contributed by atoms with van der Waals surface area (Å²) in [6.07, 6.45) is -4.31. The molecule has 0 aliphatic rings. The second kappa shape index (κ2) is 4.99. The summed E-state index contributed by atoms with van der Waals surface area (Å²) in [5, 5.41) is 8.61. The van der Waals surface area contributed by atoms with Gasteiger partial charge in [-0.05, 0) is 30.2 Å². The van der Waals surface area contributed by atoms with Gasteiger partial charge in [0.2, 0.25) is 0 Å². The molecular weight excluding hydrogens is 219 g/mol. The maximum absolute atomic E-state index is 11.8. The number of alkyl halides is 3. The number of ether oxygens (including phenoxy) is 1. The Hall–Kier alpha value is -1.54. The van der Waals surface area contributed by atoms with Crippen LogP contribution in [-0.2, 0) is 11.3 Å². The van der Waals surface area contributed by atoms with Crippen molar-refractivity contribution in [3.63, 3.8) is 0 Å². The number of rotatable bonds is 3. The standard InChI is InChI=1S/C11H10F3NO/c1-8-4-9(5-15)2-3-10(8)6-16-7-11(12,13)14/h2-4H,6-7H2,1H3. The Morgan fingerprint density at radius 2 is 2.06 bits per heavy atom. The minimum Gasteiger partial charge on any atom is -0.367 e. The van der Waals surface area contributed by atoms with Gasteiger partial charge in [-0.25, -0.2) is 0 Å². The summed E-state index contributed by atoms with van der Waals surface area (Å²) in [5.41, 5.74) is 1.89. The van der Waals surface area contributed by atoms with E-state index in [0.29, 0.717) is 11.1 Å². The van der Waals surface area contributed by atoms with Gasteiger partial charge in [0.05, 0.1) is 18.2 Å². The van der Waals surface area contributed by atoms with Crippen molar-refractivity contribution in [2.75, 3.05) is 6.61 Å². The van der Waals surface area contributed by atoms with E-state index in [9.17, 15) is 13.2 Å². The summed E-state index contributed by atoms with van der Waals surface area (Å²) < 4.78 is 40.0. The monoisotopic (exact) mass is 229 g/mol. The summed E-state index contributed by atoms with van der Waals surface area (Å²) in [6.45, 7) is 0.372. The Kier molecular flexibility index (Phi) is 3.91. The molecule has 0 N–H and O–H groups in total. The van der Waals surface area contributed by atoms with E-state index in [1.807, 2.05) is 6.07 Å². The number of hydrogen-bond donors (Lipinski definition) is 0. The predicted octanol–water partition coefficient (Wildman–Crippen LogP) is 2.95. The third-order valence-electron chi connectivity index (χ3n) is 1.99. The maximum Gasteiger partial charge on any atom is 0.411 e. The van der Waals surface area contributed by atoms with Gasteiger partial charge in [-0.15, -0.1) is 0 Å². The lowest BCUT2D eigenvalue weighted by atomic mass is 10.1. The molecule has 0 bridgehead atoms. The summed E-state index contributed by atoms with van der Waals surface area (Å²) in [7, 11) is 0. The summed E-state index contributed by atoms with van der Waals surface area (Å²) >= 11 is 0. The van der Waals surface area contributed by atoms with Crippen molar-refractivity contribution in [2.45, 2.75) is 19.7 Å². The Morgan fingerprint density at radius 1 is 1.38 bits per heavy atom. The lowest BCUT2D eigenvalue weighted by Gasteiger charge is -2.09. The van der Waals surface area contributed by atoms with Crippen LogP contribution in [0.3, 0.4) is 0 Å². The number of nitrogens with zero attached hydrogens (tertiary/aromatic N) is 1. The Morgan fingerprint density at radius 3 is 2.56 bits per heavy atom. The Bertz CT molecular complexity index is 407. The summed E-state index contributed by atoms with van der Waals surface area (Å²) in [6, 6.07) is 6.73. The van der Waals surface area contributed by atoms with E-state index in [-0.39, 0.29) is 6.61 Å². The minimum absolute atomic E-state index is 0.100. The van der Waals surface area contributed by atoms with Crippen LogP contribution in [0.1, 0.15) is 16.7 Å². The largest absolute Gasteiger partial charge is 0.411 e. The van der Waals surface area contributed by atoms with Crippen molar-refractivity contribution in [3.8, 4) is 6.07 Å². The van der Waals surface area contributed by atoms with E-state index in [1.165, 1.54) is 0 Å². The topological polar surface area (TPSA) is 33.0 Å². The van der Waals surface area contributed by atoms with Gasteiger partial charge in [0, 0.05) is 0 Å². The zero-order valence-corrected chi connectivity index (χ0v) is 8.64. The van der Waals surface area contributed by atoms with Crippen LogP contribution in [0.5, 0.6) is 0 Å². The normalized spacial score (nSPS) is 11.2. The van der Waals surface area contributed by atoms with Crippen molar-refractivity contribution in [1.82, 2.24) is 0 Å². The average Bonchev–Trinajstić information content (AvgIpc) is 2.18. The third-order valence-corrected chi connectivity index (χ3v) is 1.99. The van der Waals surface area contributed by atoms with Crippen LogP contribution >= 0.6 is 0 Å². The van der Waals surface area contributed by atoms with E-state index >= 15 is 0 Å². The van der Waals surface area contributed by atoms with Crippen molar-refractivity contribution in [2.24, 2.45) is 0 Å². The lowest BCUT2D eigenvalue weighted by Crippen LogP contribution is -2.16. The van der Waals surface area contributed by atoms with Crippen LogP contribution in [0, 0.1) is 18.3 Å². The van der Waals surface area contributed by atoms with Gasteiger partial charge < -0.3 is 4.74 Å². The molecule has 0 fully saturated rings. The molecule has 0 saturated carbocycles. The van der Waals surface area contributed by atoms with Gasteiger partial charge in [0.25, 0.3) is 0 Å². The van der Waals surface area contributed by atoms with Gasteiger partial charge in [0.15, 0.2) is 0 Å². The lowest BCUT2D eigenvalue weighted by molar-refractivity contribution is -0.176. The third kappa shape index (κ3) is 3.91. The highest BCUT2D eigenvalue weighted by atomic mass is 19.4. The molecule has 0 aliphatic heterocycles. The second-order valence-corrected chi connectivity index (χ2v) is 3.36. The van der Waals surface area contributed by atoms with E-state index in [2.05, 4.69) is 4.74 Å². The van der Waals surface area contributed by atoms with Gasteiger partial charge in [0.1, 0.15) is 6.61 Å². The molecule has 1 aromatic rings. The molecule has 0 unspecified atom stereocenters. The maximum atomic E-state index is 11.8. The zero-order valence-electron chi connectivity index (χ0n) is 8.64. The molecular formula is C11H10F3NO. The number of aryl methyl sites for hydroxylation is 1. The van der Waals surface area contributed by atoms with E-state index in [0.717, 1.165) is 5.56 Å². The first-order chi connectivity index (χ1) is 7.42. The first kappa shape index (κ1) is 12.5. The molecule has 5 heteroatoms. The van der Waals surface area contributed by atoms with E-state index < -0.39 is 12.8 Å². The van der Waals surface area contributed by atoms with E-state index in [1.54, 1.807) is 25.1 Å². The Labute approximate surface area is 91.3 Å². The van der Waals surface area contributed by atoms with E-state index in [4.69, 9.17) is 5.26 Å². The molecule has 0 saturated heterocycles. The molecule has 0 atom stereocenters. The van der Waals surface area contributed by atoms with Gasteiger partial charge in [-0.3, -0.25) is 0 Å². The van der Waals surface area contributed by atoms with Crippen LogP contribution in [0.2, 0.25) is 0 Å². The van der Waals surface area contributed by atoms with Crippen LogP contribution < -0.4 is 0 Å². The molecule has 0 heterocycles. The Balaban J connectivity index is 2.59. The highest BCUT2D eigenvalue weighted by molar-refractivity contribution is 5.37. The fourth-order valence-corrected chi connectivity index (χ4v) is 1.20. The van der Waals surface area contributed by atoms with Crippen LogP contribution in [0.15, 0.2) is 18.2 Å². The predicted molar refractivity (Wildman–Crippen MR) is 51.6 cm³/mol. The van der Waals surface area contributed by atoms with Crippen LogP contribution in [-0.4, -0.2) is 12.8 Å². The molecule has 0 aliphatic carbocycles. The number of halogens is 3. The first-order valence-corrected chi connectivity index (χ1v) is 4.56. The molecule has 2 nitrogen and oxygen atoms in total. The van der Waals surface area contributed by atoms with Crippen molar-refractivity contribution in [3.05, 3.63) is 34.9 Å². The van der Waals surface area contributed by atoms with Crippen molar-refractivity contribution >= 4 is 0 Å². The number of nitriles is 1. The fraction of sp³-hybridized carbons (Fsp3) is 0.364. The minimum atomic E-state index is -4.31. The molecule has 0 amide bonds. The van der Waals surface area contributed by atoms with Crippen LogP contribution in [0.4, 0.5) is 13.2 Å². The highest BCUT2D eigenvalue weighted by Crippen LogP contribution is 2.17. The van der Waals surface area contributed by atoms with Gasteiger partial charge >= 0.3 is 6.18 Å². The average molecular weight is 229 g/mol. The highest BCUT2D eigenvalue weighted by Gasteiger charge is 2.27. The summed E-state index contributed by atoms with van der Waals surface area (Å²) in [5.74, 6) is 0. The second-order valence-electron chi connectivity index (χ2n) is 3.36. The number of benzene rings is 1. The summed E-state index contributed by atoms with van der Waals surface area (Å²) in [4.78, 5) is 0. The molecule has 1 rings (SSSR count). The molecule has 1 aromatic carbocycles. The molecule has 0 aromatic heterocycles. The molecule has 16 heavy (non-hydrogen) atoms. The SMILES string of the molecule is Cc1cc(C#N)ccc1COCC(F)(F)F. The fourth-order valence-electron chi connectivity index (χ4n) is 1.20. The van der Waals surface area contributed by atoms with Gasteiger partial charge in [-0.1, -0.05) is 6.07 Å². The van der Waals surface area contributed by atoms with Gasteiger partial charge in [-0.2, -0.15) is 18.4 Å². The molecule has 0 radical (unpaired) electrons. The number of hydrogen-bond acceptors (Lipinski definition) is 2.